The number of rotatable bonds is 3. The number of halogens is 3. The van der Waals surface area contributed by atoms with Crippen molar-refractivity contribution < 1.29 is 18.0 Å². The number of hydrogen-bond acceptors (Lipinski definition) is 2. The van der Waals surface area contributed by atoms with E-state index in [1.165, 1.54) is 23.1 Å². The van der Waals surface area contributed by atoms with E-state index < -0.39 is 17.6 Å². The van der Waals surface area contributed by atoms with Gasteiger partial charge in [-0.1, -0.05) is 18.7 Å². The number of likely N-dealkylation sites (tertiary alicyclic amines) is 1. The second kappa shape index (κ2) is 6.98. The molecule has 1 aliphatic heterocycles. The largest absolute Gasteiger partial charge is 0.417 e. The predicted octanol–water partition coefficient (Wildman–Crippen LogP) is 3.96. The van der Waals surface area contributed by atoms with E-state index in [0.717, 1.165) is 18.9 Å². The highest BCUT2D eigenvalue weighted by atomic mass is 19.4. The summed E-state index contributed by atoms with van der Waals surface area (Å²) in [5, 5.41) is 0. The normalized spacial score (nSPS) is 19.6. The van der Waals surface area contributed by atoms with Gasteiger partial charge in [-0.25, -0.2) is 0 Å². The lowest BCUT2D eigenvalue weighted by Crippen LogP contribution is -2.48. The van der Waals surface area contributed by atoms with E-state index in [2.05, 4.69) is 11.6 Å². The average Bonchev–Trinajstić information content (AvgIpc) is 2.55. The molecule has 1 saturated heterocycles. The van der Waals surface area contributed by atoms with Crippen molar-refractivity contribution in [1.82, 2.24) is 4.90 Å². The lowest BCUT2D eigenvalue weighted by atomic mass is 9.95. The summed E-state index contributed by atoms with van der Waals surface area (Å²) < 4.78 is 39.5. The number of hydrogen-bond donors (Lipinski definition) is 0. The highest BCUT2D eigenvalue weighted by Gasteiger charge is 2.38. The fraction of sp³-hybridized carbons (Fsp3) is 0.412. The van der Waals surface area contributed by atoms with Gasteiger partial charge in [0.2, 0.25) is 0 Å². The molecule has 0 aliphatic carbocycles. The third-order valence-corrected chi connectivity index (χ3v) is 4.04. The van der Waals surface area contributed by atoms with Crippen LogP contribution in [0.5, 0.6) is 0 Å². The van der Waals surface area contributed by atoms with Crippen molar-refractivity contribution in [1.29, 1.82) is 0 Å². The number of carbonyl (C=O) groups is 1. The van der Waals surface area contributed by atoms with E-state index in [4.69, 9.17) is 0 Å². The van der Waals surface area contributed by atoms with Crippen LogP contribution in [0.3, 0.4) is 0 Å². The van der Waals surface area contributed by atoms with Crippen LogP contribution in [0.25, 0.3) is 0 Å². The van der Waals surface area contributed by atoms with Crippen LogP contribution in [0, 0.1) is 0 Å². The van der Waals surface area contributed by atoms with Crippen LogP contribution < -0.4 is 0 Å². The molecular formula is C17H19F3N2O. The third kappa shape index (κ3) is 3.63. The molecule has 1 unspecified atom stereocenters. The van der Waals surface area contributed by atoms with E-state index >= 15 is 0 Å². The lowest BCUT2D eigenvalue weighted by Gasteiger charge is -2.36. The number of piperidine rings is 1. The van der Waals surface area contributed by atoms with Gasteiger partial charge in [0.25, 0.3) is 5.91 Å². The fourth-order valence-electron chi connectivity index (χ4n) is 2.93. The number of nitrogens with zero attached hydrogens (tertiary/aromatic N) is 2. The minimum absolute atomic E-state index is 0.314. The standard InChI is InChI=1S/C17H19F3N2O/c1-3-14(21-2)15-10-6-7-11-22(15)16(23)12-8-4-5-9-13(12)17(18,19)20/h3-5,8-9,15H,1,6-7,10-11H2,2H3. The Morgan fingerprint density at radius 3 is 2.65 bits per heavy atom. The molecule has 0 aromatic heterocycles. The summed E-state index contributed by atoms with van der Waals surface area (Å²) in [5.41, 5.74) is -0.586. The minimum atomic E-state index is -4.56. The first-order valence-corrected chi connectivity index (χ1v) is 7.46. The maximum atomic E-state index is 13.2. The monoisotopic (exact) mass is 324 g/mol. The zero-order valence-electron chi connectivity index (χ0n) is 12.9. The summed E-state index contributed by atoms with van der Waals surface area (Å²) in [7, 11) is 1.60. The van der Waals surface area contributed by atoms with Gasteiger partial charge in [0, 0.05) is 13.6 Å². The zero-order valence-corrected chi connectivity index (χ0v) is 12.9. The molecule has 124 valence electrons. The number of benzene rings is 1. The Balaban J connectivity index is 2.41. The molecule has 0 saturated carbocycles. The Bertz CT molecular complexity index is 623. The van der Waals surface area contributed by atoms with E-state index in [0.29, 0.717) is 18.7 Å². The summed E-state index contributed by atoms with van der Waals surface area (Å²) in [4.78, 5) is 18.3. The van der Waals surface area contributed by atoms with Crippen molar-refractivity contribution in [2.45, 2.75) is 31.5 Å². The Hall–Kier alpha value is -2.11. The molecule has 1 aromatic rings. The zero-order chi connectivity index (χ0) is 17.0. The maximum absolute atomic E-state index is 13.2. The van der Waals surface area contributed by atoms with E-state index in [1.807, 2.05) is 0 Å². The Labute approximate surface area is 133 Å². The van der Waals surface area contributed by atoms with Crippen molar-refractivity contribution >= 4 is 11.6 Å². The van der Waals surface area contributed by atoms with Crippen LogP contribution in [0.4, 0.5) is 13.2 Å². The van der Waals surface area contributed by atoms with Gasteiger partial charge in [0.15, 0.2) is 0 Å². The van der Waals surface area contributed by atoms with Crippen LogP contribution in [-0.4, -0.2) is 36.2 Å². The quantitative estimate of drug-likeness (QED) is 0.775. The summed E-state index contributed by atoms with van der Waals surface area (Å²) in [6, 6.07) is 4.59. The van der Waals surface area contributed by atoms with Gasteiger partial charge in [-0.2, -0.15) is 13.2 Å². The summed E-state index contributed by atoms with van der Waals surface area (Å²) in [5.74, 6) is -0.606. The Morgan fingerprint density at radius 1 is 1.35 bits per heavy atom. The first-order chi connectivity index (χ1) is 10.9. The minimum Gasteiger partial charge on any atom is -0.330 e. The maximum Gasteiger partial charge on any atom is 0.417 e. The molecule has 1 atom stereocenters. The molecule has 2 rings (SSSR count). The van der Waals surface area contributed by atoms with E-state index in [1.54, 1.807) is 13.1 Å². The fourth-order valence-corrected chi connectivity index (χ4v) is 2.93. The number of carbonyl (C=O) groups excluding carboxylic acids is 1. The van der Waals surface area contributed by atoms with Gasteiger partial charge in [-0.15, -0.1) is 0 Å². The predicted molar refractivity (Wildman–Crippen MR) is 83.7 cm³/mol. The Morgan fingerprint density at radius 2 is 2.04 bits per heavy atom. The molecule has 23 heavy (non-hydrogen) atoms. The van der Waals surface area contributed by atoms with Gasteiger partial charge in [-0.05, 0) is 37.5 Å². The molecule has 0 spiro atoms. The first kappa shape index (κ1) is 17.2. The van der Waals surface area contributed by atoms with Gasteiger partial charge >= 0.3 is 6.18 Å². The molecule has 1 amide bonds. The van der Waals surface area contributed by atoms with E-state index in [9.17, 15) is 18.0 Å². The molecular weight excluding hydrogens is 305 g/mol. The van der Waals surface area contributed by atoms with Crippen molar-refractivity contribution in [2.75, 3.05) is 13.6 Å². The average molecular weight is 324 g/mol. The molecule has 1 aromatic carbocycles. The molecule has 0 N–H and O–H groups in total. The number of aliphatic imine (C=N–C) groups is 1. The van der Waals surface area contributed by atoms with Crippen LogP contribution in [-0.2, 0) is 6.18 Å². The van der Waals surface area contributed by atoms with Crippen LogP contribution in [0.2, 0.25) is 0 Å². The highest BCUT2D eigenvalue weighted by Crippen LogP contribution is 2.33. The number of alkyl halides is 3. The molecule has 1 fully saturated rings. The van der Waals surface area contributed by atoms with Crippen molar-refractivity contribution in [3.63, 3.8) is 0 Å². The van der Waals surface area contributed by atoms with Crippen molar-refractivity contribution in [3.05, 3.63) is 48.0 Å². The first-order valence-electron chi connectivity index (χ1n) is 7.46. The van der Waals surface area contributed by atoms with Gasteiger partial charge in [0.05, 0.1) is 22.9 Å². The van der Waals surface area contributed by atoms with Gasteiger partial charge in [0.1, 0.15) is 0 Å². The lowest BCUT2D eigenvalue weighted by molar-refractivity contribution is -0.138. The van der Waals surface area contributed by atoms with Gasteiger partial charge < -0.3 is 4.90 Å². The smallest absolute Gasteiger partial charge is 0.330 e. The topological polar surface area (TPSA) is 32.7 Å². The van der Waals surface area contributed by atoms with Crippen LogP contribution in [0.1, 0.15) is 35.2 Å². The summed E-state index contributed by atoms with van der Waals surface area (Å²) in [6.07, 6.45) is -0.644. The highest BCUT2D eigenvalue weighted by molar-refractivity contribution is 6.04. The number of amides is 1. The molecule has 6 heteroatoms. The van der Waals surface area contributed by atoms with Crippen molar-refractivity contribution in [2.24, 2.45) is 4.99 Å². The SMILES string of the molecule is C=CC(=NC)C1CCCCN1C(=O)c1ccccc1C(F)(F)F. The molecule has 0 radical (unpaired) electrons. The van der Waals surface area contributed by atoms with Crippen LogP contribution >= 0.6 is 0 Å². The summed E-state index contributed by atoms with van der Waals surface area (Å²) in [6.45, 7) is 4.10. The second-order valence-corrected chi connectivity index (χ2v) is 5.41. The molecule has 1 aliphatic rings. The van der Waals surface area contributed by atoms with Crippen LogP contribution in [0.15, 0.2) is 41.9 Å². The third-order valence-electron chi connectivity index (χ3n) is 4.04. The van der Waals surface area contributed by atoms with Gasteiger partial charge in [-0.3, -0.25) is 9.79 Å². The Kier molecular flexibility index (Phi) is 5.23. The molecule has 3 nitrogen and oxygen atoms in total. The molecule has 0 bridgehead atoms. The van der Waals surface area contributed by atoms with E-state index in [-0.39, 0.29) is 11.6 Å². The molecule has 1 heterocycles. The summed E-state index contributed by atoms with van der Waals surface area (Å²) >= 11 is 0. The second-order valence-electron chi connectivity index (χ2n) is 5.41. The van der Waals surface area contributed by atoms with Crippen molar-refractivity contribution in [3.8, 4) is 0 Å².